The average Bonchev–Trinajstić information content (AvgIpc) is 2.53. The highest BCUT2D eigenvalue weighted by molar-refractivity contribution is 5.98. The molecule has 3 rings (SSSR count). The molecule has 124 valence electrons. The lowest BCUT2D eigenvalue weighted by atomic mass is 9.73. The summed E-state index contributed by atoms with van der Waals surface area (Å²) in [5.74, 6) is -0.397. The van der Waals surface area contributed by atoms with Crippen LogP contribution in [0.2, 0.25) is 0 Å². The van der Waals surface area contributed by atoms with Crippen molar-refractivity contribution in [3.8, 4) is 0 Å². The number of nitrogens with one attached hydrogen (secondary N) is 1. The van der Waals surface area contributed by atoms with Crippen LogP contribution in [0.4, 0.5) is 10.1 Å². The molecular weight excluding hydrogens is 303 g/mol. The number of halogens is 1. The Bertz CT molecular complexity index is 734. The second-order valence-corrected chi connectivity index (χ2v) is 6.45. The number of amides is 1. The fourth-order valence-electron chi connectivity index (χ4n) is 3.06. The van der Waals surface area contributed by atoms with Crippen LogP contribution in [0.5, 0.6) is 0 Å². The average molecular weight is 324 g/mol. The van der Waals surface area contributed by atoms with Crippen molar-refractivity contribution in [1.29, 1.82) is 0 Å². The van der Waals surface area contributed by atoms with Gasteiger partial charge in [0.15, 0.2) is 0 Å². The minimum atomic E-state index is -0.580. The molecule has 0 saturated carbocycles. The maximum atomic E-state index is 13.0. The van der Waals surface area contributed by atoms with E-state index < -0.39 is 5.41 Å². The maximum absolute atomic E-state index is 13.0. The zero-order chi connectivity index (χ0) is 17.2. The zero-order valence-corrected chi connectivity index (χ0v) is 13.8. The molecular formula is C20H21FN2O. The Hall–Kier alpha value is -2.46. The first-order valence-electron chi connectivity index (χ1n) is 7.99. The molecule has 2 aromatic carbocycles. The molecule has 0 bridgehead atoms. The standard InChI is InChI=1S/C20H21FN2O/c1-15(2)20(19(24)22-18-10-8-17(21)9-11-18)13-23(14-20)12-16-6-4-3-5-7-16/h3-11H,1,12-14H2,2H3,(H,22,24). The van der Waals surface area contributed by atoms with Gasteiger partial charge in [0, 0.05) is 25.3 Å². The molecule has 0 aromatic heterocycles. The molecule has 1 aliphatic rings. The third-order valence-corrected chi connectivity index (χ3v) is 4.59. The molecule has 0 radical (unpaired) electrons. The maximum Gasteiger partial charge on any atom is 0.237 e. The van der Waals surface area contributed by atoms with Gasteiger partial charge < -0.3 is 5.32 Å². The normalized spacial score (nSPS) is 16.2. The van der Waals surface area contributed by atoms with Crippen LogP contribution in [0.3, 0.4) is 0 Å². The van der Waals surface area contributed by atoms with Crippen LogP contribution in [0.25, 0.3) is 0 Å². The third kappa shape index (κ3) is 3.24. The van der Waals surface area contributed by atoms with Gasteiger partial charge >= 0.3 is 0 Å². The number of carbonyl (C=O) groups excluding carboxylic acids is 1. The van der Waals surface area contributed by atoms with Crippen molar-refractivity contribution in [2.75, 3.05) is 18.4 Å². The van der Waals surface area contributed by atoms with Gasteiger partial charge in [-0.1, -0.05) is 42.5 Å². The van der Waals surface area contributed by atoms with Crippen molar-refractivity contribution in [2.45, 2.75) is 13.5 Å². The Morgan fingerprint density at radius 2 is 1.79 bits per heavy atom. The van der Waals surface area contributed by atoms with E-state index in [2.05, 4.69) is 28.9 Å². The quantitative estimate of drug-likeness (QED) is 0.848. The Balaban J connectivity index is 1.66. The van der Waals surface area contributed by atoms with Crippen LogP contribution < -0.4 is 5.32 Å². The fourth-order valence-corrected chi connectivity index (χ4v) is 3.06. The molecule has 3 nitrogen and oxygen atoms in total. The van der Waals surface area contributed by atoms with Crippen LogP contribution in [0.1, 0.15) is 12.5 Å². The van der Waals surface area contributed by atoms with Gasteiger partial charge in [0.25, 0.3) is 0 Å². The second-order valence-electron chi connectivity index (χ2n) is 6.45. The predicted octanol–water partition coefficient (Wildman–Crippen LogP) is 3.84. The summed E-state index contributed by atoms with van der Waals surface area (Å²) in [5.41, 5.74) is 2.10. The summed E-state index contributed by atoms with van der Waals surface area (Å²) in [7, 11) is 0. The Morgan fingerprint density at radius 1 is 1.17 bits per heavy atom. The Kier molecular flexibility index (Phi) is 4.49. The second kappa shape index (κ2) is 6.57. The first kappa shape index (κ1) is 16.4. The van der Waals surface area contributed by atoms with E-state index in [1.165, 1.54) is 17.7 Å². The number of carbonyl (C=O) groups is 1. The van der Waals surface area contributed by atoms with Gasteiger partial charge in [0.05, 0.1) is 5.41 Å². The summed E-state index contributed by atoms with van der Waals surface area (Å²) in [6, 6.07) is 16.0. The van der Waals surface area contributed by atoms with Crippen LogP contribution in [0, 0.1) is 11.2 Å². The summed E-state index contributed by atoms with van der Waals surface area (Å²) in [6.07, 6.45) is 0. The SMILES string of the molecule is C=C(C)C1(C(=O)Nc2ccc(F)cc2)CN(Cc2ccccc2)C1. The number of nitrogens with zero attached hydrogens (tertiary/aromatic N) is 1. The van der Waals surface area contributed by atoms with Crippen LogP contribution in [-0.4, -0.2) is 23.9 Å². The minimum Gasteiger partial charge on any atom is -0.325 e. The van der Waals surface area contributed by atoms with E-state index in [9.17, 15) is 9.18 Å². The van der Waals surface area contributed by atoms with Crippen LogP contribution in [0.15, 0.2) is 66.7 Å². The van der Waals surface area contributed by atoms with Crippen LogP contribution in [-0.2, 0) is 11.3 Å². The van der Waals surface area contributed by atoms with Gasteiger partial charge in [-0.05, 0) is 36.8 Å². The smallest absolute Gasteiger partial charge is 0.237 e. The summed E-state index contributed by atoms with van der Waals surface area (Å²) >= 11 is 0. The van der Waals surface area contributed by atoms with Crippen molar-refractivity contribution >= 4 is 11.6 Å². The molecule has 4 heteroatoms. The largest absolute Gasteiger partial charge is 0.325 e. The molecule has 0 unspecified atom stereocenters. The molecule has 0 atom stereocenters. The zero-order valence-electron chi connectivity index (χ0n) is 13.8. The van der Waals surface area contributed by atoms with Crippen molar-refractivity contribution < 1.29 is 9.18 Å². The first-order valence-corrected chi connectivity index (χ1v) is 7.99. The highest BCUT2D eigenvalue weighted by Gasteiger charge is 2.49. The van der Waals surface area contributed by atoms with Crippen LogP contribution >= 0.6 is 0 Å². The van der Waals surface area contributed by atoms with E-state index in [4.69, 9.17) is 0 Å². The molecule has 1 fully saturated rings. The van der Waals surface area contributed by atoms with Crippen molar-refractivity contribution in [2.24, 2.45) is 5.41 Å². The molecule has 0 aliphatic carbocycles. The van der Waals surface area contributed by atoms with Gasteiger partial charge in [-0.15, -0.1) is 0 Å². The van der Waals surface area contributed by atoms with E-state index >= 15 is 0 Å². The molecule has 2 aromatic rings. The molecule has 1 amide bonds. The molecule has 24 heavy (non-hydrogen) atoms. The topological polar surface area (TPSA) is 32.3 Å². The van der Waals surface area contributed by atoms with Gasteiger partial charge in [-0.2, -0.15) is 0 Å². The van der Waals surface area contributed by atoms with E-state index in [-0.39, 0.29) is 11.7 Å². The van der Waals surface area contributed by atoms with E-state index in [1.807, 2.05) is 25.1 Å². The van der Waals surface area contributed by atoms with Crippen molar-refractivity contribution in [3.63, 3.8) is 0 Å². The number of anilines is 1. The number of hydrogen-bond acceptors (Lipinski definition) is 2. The summed E-state index contributed by atoms with van der Waals surface area (Å²) < 4.78 is 13.0. The van der Waals surface area contributed by atoms with E-state index in [0.717, 1.165) is 12.1 Å². The van der Waals surface area contributed by atoms with E-state index in [1.54, 1.807) is 12.1 Å². The first-order chi connectivity index (χ1) is 11.5. The predicted molar refractivity (Wildman–Crippen MR) is 94.0 cm³/mol. The summed E-state index contributed by atoms with van der Waals surface area (Å²) in [6.45, 7) is 8.02. The number of rotatable bonds is 5. The monoisotopic (exact) mass is 324 g/mol. The van der Waals surface area contributed by atoms with Gasteiger partial charge in [0.1, 0.15) is 5.82 Å². The van der Waals surface area contributed by atoms with Crippen molar-refractivity contribution in [1.82, 2.24) is 4.90 Å². The van der Waals surface area contributed by atoms with E-state index in [0.29, 0.717) is 18.8 Å². The Morgan fingerprint density at radius 3 is 2.38 bits per heavy atom. The third-order valence-electron chi connectivity index (χ3n) is 4.59. The number of benzene rings is 2. The number of likely N-dealkylation sites (tertiary alicyclic amines) is 1. The minimum absolute atomic E-state index is 0.0779. The van der Waals surface area contributed by atoms with Gasteiger partial charge in [0.2, 0.25) is 5.91 Å². The lowest BCUT2D eigenvalue weighted by Gasteiger charge is -2.49. The lowest BCUT2D eigenvalue weighted by molar-refractivity contribution is -0.132. The fraction of sp³-hybridized carbons (Fsp3) is 0.250. The lowest BCUT2D eigenvalue weighted by Crippen LogP contribution is -2.61. The highest BCUT2D eigenvalue weighted by Crippen LogP contribution is 2.38. The summed E-state index contributed by atoms with van der Waals surface area (Å²) in [4.78, 5) is 15.0. The molecule has 1 heterocycles. The molecule has 1 aliphatic heterocycles. The highest BCUT2D eigenvalue weighted by atomic mass is 19.1. The van der Waals surface area contributed by atoms with Gasteiger partial charge in [-0.25, -0.2) is 4.39 Å². The number of hydrogen-bond donors (Lipinski definition) is 1. The summed E-state index contributed by atoms with van der Waals surface area (Å²) in [5, 5.41) is 2.88. The molecule has 1 N–H and O–H groups in total. The Labute approximate surface area is 141 Å². The van der Waals surface area contributed by atoms with Crippen molar-refractivity contribution in [3.05, 3.63) is 78.1 Å². The molecule has 1 saturated heterocycles. The van der Waals surface area contributed by atoms with Gasteiger partial charge in [-0.3, -0.25) is 9.69 Å². The molecule has 0 spiro atoms.